The fourth-order valence-corrected chi connectivity index (χ4v) is 2.84. The summed E-state index contributed by atoms with van der Waals surface area (Å²) in [5.41, 5.74) is 0. The molecule has 2 N–H and O–H groups in total. The van der Waals surface area contributed by atoms with Crippen LogP contribution in [0.5, 0.6) is 0 Å². The Kier molecular flexibility index (Phi) is 9.68. The molecule has 1 saturated heterocycles. The van der Waals surface area contributed by atoms with Gasteiger partial charge in [0.1, 0.15) is 0 Å². The summed E-state index contributed by atoms with van der Waals surface area (Å²) in [5, 5.41) is 19.8. The smallest absolute Gasteiger partial charge is 0.306 e. The third-order valence-electron chi connectivity index (χ3n) is 4.27. The molecule has 0 saturated carbocycles. The second kappa shape index (κ2) is 11.0. The molecule has 1 aliphatic rings. The number of ether oxygens (including phenoxy) is 1. The van der Waals surface area contributed by atoms with Crippen LogP contribution in [-0.4, -0.2) is 34.5 Å². The highest BCUT2D eigenvalue weighted by Gasteiger charge is 2.16. The first-order valence-electron chi connectivity index (χ1n) is 8.65. The Morgan fingerprint density at radius 2 is 1.29 bits per heavy atom. The highest BCUT2D eigenvalue weighted by Crippen LogP contribution is 2.16. The number of hydrogen-bond acceptors (Lipinski definition) is 4. The zero-order valence-corrected chi connectivity index (χ0v) is 13.4. The largest absolute Gasteiger partial charge is 0.463 e. The van der Waals surface area contributed by atoms with E-state index in [2.05, 4.69) is 0 Å². The lowest BCUT2D eigenvalue weighted by molar-refractivity contribution is -0.148. The molecule has 1 rings (SSSR count). The molecule has 124 valence electrons. The normalized spacial score (nSPS) is 32.1. The van der Waals surface area contributed by atoms with Crippen molar-refractivity contribution in [2.75, 3.05) is 0 Å². The van der Waals surface area contributed by atoms with E-state index < -0.39 is 12.2 Å². The fraction of sp³-hybridized carbons (Fsp3) is 0.941. The number of carbonyl (C=O) groups excluding carboxylic acids is 1. The molecule has 21 heavy (non-hydrogen) atoms. The summed E-state index contributed by atoms with van der Waals surface area (Å²) in [4.78, 5) is 11.6. The van der Waals surface area contributed by atoms with Gasteiger partial charge in [0.05, 0.1) is 18.3 Å². The molecule has 0 bridgehead atoms. The molecular weight excluding hydrogens is 268 g/mol. The van der Waals surface area contributed by atoms with Crippen molar-refractivity contribution in [3.63, 3.8) is 0 Å². The van der Waals surface area contributed by atoms with Crippen LogP contribution in [0.2, 0.25) is 0 Å². The Bertz CT molecular complexity index is 280. The van der Waals surface area contributed by atoms with Crippen molar-refractivity contribution in [2.45, 2.75) is 102 Å². The van der Waals surface area contributed by atoms with Crippen molar-refractivity contribution in [1.29, 1.82) is 0 Å². The quantitative estimate of drug-likeness (QED) is 0.673. The van der Waals surface area contributed by atoms with Crippen molar-refractivity contribution in [1.82, 2.24) is 0 Å². The van der Waals surface area contributed by atoms with E-state index in [-0.39, 0.29) is 12.1 Å². The molecule has 0 aliphatic carbocycles. The van der Waals surface area contributed by atoms with Gasteiger partial charge < -0.3 is 14.9 Å². The van der Waals surface area contributed by atoms with E-state index >= 15 is 0 Å². The minimum absolute atomic E-state index is 0.0105. The van der Waals surface area contributed by atoms with E-state index in [1.54, 1.807) is 0 Å². The number of esters is 1. The van der Waals surface area contributed by atoms with Crippen LogP contribution in [0, 0.1) is 0 Å². The van der Waals surface area contributed by atoms with Gasteiger partial charge in [0.2, 0.25) is 0 Å². The molecule has 1 aliphatic heterocycles. The van der Waals surface area contributed by atoms with Crippen LogP contribution in [0.15, 0.2) is 0 Å². The zero-order chi connectivity index (χ0) is 15.5. The van der Waals surface area contributed by atoms with Gasteiger partial charge in [-0.2, -0.15) is 0 Å². The van der Waals surface area contributed by atoms with E-state index in [1.165, 1.54) is 0 Å². The Hall–Kier alpha value is -0.610. The molecule has 4 heteroatoms. The van der Waals surface area contributed by atoms with Gasteiger partial charge in [0.25, 0.3) is 0 Å². The van der Waals surface area contributed by atoms with Gasteiger partial charge in [-0.1, -0.05) is 38.5 Å². The summed E-state index contributed by atoms with van der Waals surface area (Å²) in [6.45, 7) is 1.95. The molecule has 0 spiro atoms. The van der Waals surface area contributed by atoms with Gasteiger partial charge in [0, 0.05) is 6.42 Å². The average molecular weight is 300 g/mol. The lowest BCUT2D eigenvalue weighted by Crippen LogP contribution is -2.25. The molecule has 0 aromatic carbocycles. The standard InChI is InChI=1S/C17H32O4/c1-14-10-6-5-8-12-16(19)15(18)11-7-3-2-4-9-13-17(20)21-14/h14-16,18-19H,2-13H2,1H3. The summed E-state index contributed by atoms with van der Waals surface area (Å²) < 4.78 is 5.39. The predicted molar refractivity (Wildman–Crippen MR) is 83.0 cm³/mol. The van der Waals surface area contributed by atoms with Gasteiger partial charge in [-0.25, -0.2) is 0 Å². The molecule has 1 heterocycles. The summed E-state index contributed by atoms with van der Waals surface area (Å²) in [6, 6.07) is 0. The number of aliphatic hydroxyl groups is 2. The molecule has 0 aromatic rings. The third-order valence-corrected chi connectivity index (χ3v) is 4.27. The van der Waals surface area contributed by atoms with E-state index in [9.17, 15) is 15.0 Å². The van der Waals surface area contributed by atoms with Crippen LogP contribution < -0.4 is 0 Å². The molecule has 0 amide bonds. The molecule has 1 fully saturated rings. The second-order valence-corrected chi connectivity index (χ2v) is 6.38. The van der Waals surface area contributed by atoms with Crippen LogP contribution in [0.1, 0.15) is 84.0 Å². The van der Waals surface area contributed by atoms with Crippen LogP contribution >= 0.6 is 0 Å². The van der Waals surface area contributed by atoms with Crippen molar-refractivity contribution >= 4 is 5.97 Å². The maximum atomic E-state index is 11.6. The van der Waals surface area contributed by atoms with E-state index in [0.717, 1.165) is 57.8 Å². The summed E-state index contributed by atoms with van der Waals surface area (Å²) in [5.74, 6) is -0.0716. The Labute approximate surface area is 128 Å². The van der Waals surface area contributed by atoms with Gasteiger partial charge in [-0.15, -0.1) is 0 Å². The number of carbonyl (C=O) groups is 1. The highest BCUT2D eigenvalue weighted by atomic mass is 16.5. The lowest BCUT2D eigenvalue weighted by atomic mass is 10.00. The Morgan fingerprint density at radius 1 is 0.810 bits per heavy atom. The zero-order valence-electron chi connectivity index (χ0n) is 13.4. The summed E-state index contributed by atoms with van der Waals surface area (Å²) >= 11 is 0. The van der Waals surface area contributed by atoms with E-state index in [1.807, 2.05) is 6.92 Å². The highest BCUT2D eigenvalue weighted by molar-refractivity contribution is 5.69. The monoisotopic (exact) mass is 300 g/mol. The minimum atomic E-state index is -0.587. The van der Waals surface area contributed by atoms with Gasteiger partial charge in [-0.3, -0.25) is 4.79 Å². The van der Waals surface area contributed by atoms with Gasteiger partial charge >= 0.3 is 5.97 Å². The maximum absolute atomic E-state index is 11.6. The first-order chi connectivity index (χ1) is 10.1. The molecule has 0 radical (unpaired) electrons. The van der Waals surface area contributed by atoms with Gasteiger partial charge in [0.15, 0.2) is 0 Å². The van der Waals surface area contributed by atoms with Crippen molar-refractivity contribution in [2.24, 2.45) is 0 Å². The SMILES string of the molecule is CC1CCCCCC(O)C(O)CCCCCCCC(=O)O1. The average Bonchev–Trinajstić information content (AvgIpc) is 2.44. The summed E-state index contributed by atoms with van der Waals surface area (Å²) in [7, 11) is 0. The predicted octanol–water partition coefficient (Wildman–Crippen LogP) is 3.33. The molecule has 3 unspecified atom stereocenters. The number of hydrogen-bond donors (Lipinski definition) is 2. The van der Waals surface area contributed by atoms with Gasteiger partial charge in [-0.05, 0) is 39.0 Å². The van der Waals surface area contributed by atoms with Crippen LogP contribution in [0.25, 0.3) is 0 Å². The maximum Gasteiger partial charge on any atom is 0.306 e. The Morgan fingerprint density at radius 3 is 1.95 bits per heavy atom. The molecule has 0 aromatic heterocycles. The molecule has 3 atom stereocenters. The van der Waals surface area contributed by atoms with Crippen molar-refractivity contribution < 1.29 is 19.7 Å². The minimum Gasteiger partial charge on any atom is -0.463 e. The van der Waals surface area contributed by atoms with E-state index in [4.69, 9.17) is 4.74 Å². The lowest BCUT2D eigenvalue weighted by Gasteiger charge is -2.17. The van der Waals surface area contributed by atoms with Crippen molar-refractivity contribution in [3.8, 4) is 0 Å². The first-order valence-corrected chi connectivity index (χ1v) is 8.65. The first kappa shape index (κ1) is 18.4. The van der Waals surface area contributed by atoms with Crippen LogP contribution in [-0.2, 0) is 9.53 Å². The second-order valence-electron chi connectivity index (χ2n) is 6.38. The fourth-order valence-electron chi connectivity index (χ4n) is 2.84. The number of cyclic esters (lactones) is 1. The van der Waals surface area contributed by atoms with E-state index in [0.29, 0.717) is 19.3 Å². The van der Waals surface area contributed by atoms with Crippen molar-refractivity contribution in [3.05, 3.63) is 0 Å². The number of rotatable bonds is 0. The molecule has 4 nitrogen and oxygen atoms in total. The third kappa shape index (κ3) is 9.10. The Balaban J connectivity index is 2.35. The molecular formula is C17H32O4. The topological polar surface area (TPSA) is 66.8 Å². The summed E-state index contributed by atoms with van der Waals surface area (Å²) in [6.07, 6.45) is 9.47. The van der Waals surface area contributed by atoms with Crippen LogP contribution in [0.3, 0.4) is 0 Å². The van der Waals surface area contributed by atoms with Crippen LogP contribution in [0.4, 0.5) is 0 Å². The number of aliphatic hydroxyl groups excluding tert-OH is 2.